The van der Waals surface area contributed by atoms with Crippen LogP contribution >= 0.6 is 11.8 Å². The molecule has 0 radical (unpaired) electrons. The van der Waals surface area contributed by atoms with Crippen molar-refractivity contribution in [3.63, 3.8) is 0 Å². The molecule has 1 unspecified atom stereocenters. The second-order valence-corrected chi connectivity index (χ2v) is 6.63. The summed E-state index contributed by atoms with van der Waals surface area (Å²) in [5.41, 5.74) is 0. The molecular weight excluding hydrogens is 274 g/mol. The summed E-state index contributed by atoms with van der Waals surface area (Å²) in [6.45, 7) is 3.93. The van der Waals surface area contributed by atoms with E-state index in [9.17, 15) is 9.59 Å². The number of nitrogens with zero attached hydrogens (tertiary/aromatic N) is 2. The summed E-state index contributed by atoms with van der Waals surface area (Å²) in [4.78, 5) is 27.4. The van der Waals surface area contributed by atoms with Gasteiger partial charge in [-0.3, -0.25) is 9.59 Å². The smallest absolute Gasteiger partial charge is 0.232 e. The molecule has 0 aromatic carbocycles. The molecule has 0 aromatic rings. The third-order valence-electron chi connectivity index (χ3n) is 3.44. The SMILES string of the molecule is CC(=O)NCC1CCCCN1C(=O)CSCCN(C)C. The van der Waals surface area contributed by atoms with Gasteiger partial charge in [0.25, 0.3) is 0 Å². The van der Waals surface area contributed by atoms with Gasteiger partial charge in [-0.05, 0) is 33.4 Å². The Balaban J connectivity index is 2.35. The second kappa shape index (κ2) is 9.23. The number of hydrogen-bond donors (Lipinski definition) is 1. The van der Waals surface area contributed by atoms with Gasteiger partial charge in [-0.25, -0.2) is 0 Å². The number of piperidine rings is 1. The van der Waals surface area contributed by atoms with Gasteiger partial charge in [0, 0.05) is 38.4 Å². The summed E-state index contributed by atoms with van der Waals surface area (Å²) in [6.07, 6.45) is 3.21. The van der Waals surface area contributed by atoms with Crippen LogP contribution in [0, 0.1) is 0 Å². The second-order valence-electron chi connectivity index (χ2n) is 5.53. The molecule has 1 rings (SSSR count). The van der Waals surface area contributed by atoms with Crippen molar-refractivity contribution in [2.24, 2.45) is 0 Å². The fourth-order valence-electron chi connectivity index (χ4n) is 2.29. The minimum absolute atomic E-state index is 0.0247. The van der Waals surface area contributed by atoms with E-state index in [1.54, 1.807) is 11.8 Å². The van der Waals surface area contributed by atoms with E-state index in [2.05, 4.69) is 10.2 Å². The Hall–Kier alpha value is -0.750. The first-order valence-electron chi connectivity index (χ1n) is 7.27. The van der Waals surface area contributed by atoms with Crippen LogP contribution in [-0.2, 0) is 9.59 Å². The summed E-state index contributed by atoms with van der Waals surface area (Å²) in [7, 11) is 4.08. The molecule has 1 N–H and O–H groups in total. The van der Waals surface area contributed by atoms with Gasteiger partial charge in [-0.15, -0.1) is 0 Å². The van der Waals surface area contributed by atoms with Crippen LogP contribution in [0.15, 0.2) is 0 Å². The molecule has 6 heteroatoms. The Bertz CT molecular complexity index is 324. The van der Waals surface area contributed by atoms with Crippen molar-refractivity contribution in [3.05, 3.63) is 0 Å². The molecular formula is C14H27N3O2S. The van der Waals surface area contributed by atoms with Crippen molar-refractivity contribution in [1.82, 2.24) is 15.1 Å². The van der Waals surface area contributed by atoms with Crippen LogP contribution in [-0.4, -0.2) is 72.9 Å². The van der Waals surface area contributed by atoms with Crippen LogP contribution in [0.2, 0.25) is 0 Å². The molecule has 2 amide bonds. The molecule has 1 aliphatic rings. The Morgan fingerprint density at radius 2 is 2.10 bits per heavy atom. The quantitative estimate of drug-likeness (QED) is 0.707. The van der Waals surface area contributed by atoms with Gasteiger partial charge in [0.2, 0.25) is 11.8 Å². The monoisotopic (exact) mass is 301 g/mol. The molecule has 0 spiro atoms. The average Bonchev–Trinajstić information content (AvgIpc) is 2.41. The minimum Gasteiger partial charge on any atom is -0.354 e. The van der Waals surface area contributed by atoms with E-state index >= 15 is 0 Å². The number of thioether (sulfide) groups is 1. The maximum atomic E-state index is 12.3. The highest BCUT2D eigenvalue weighted by atomic mass is 32.2. The van der Waals surface area contributed by atoms with E-state index in [0.29, 0.717) is 12.3 Å². The number of carbonyl (C=O) groups is 2. The van der Waals surface area contributed by atoms with Crippen LogP contribution in [0.25, 0.3) is 0 Å². The van der Waals surface area contributed by atoms with Crippen molar-refractivity contribution in [2.75, 3.05) is 45.2 Å². The normalized spacial score (nSPS) is 19.2. The fourth-order valence-corrected chi connectivity index (χ4v) is 3.27. The van der Waals surface area contributed by atoms with E-state index in [0.717, 1.165) is 38.1 Å². The molecule has 0 aromatic heterocycles. The number of hydrogen-bond acceptors (Lipinski definition) is 4. The van der Waals surface area contributed by atoms with Crippen LogP contribution in [0.4, 0.5) is 0 Å². The lowest BCUT2D eigenvalue weighted by Crippen LogP contribution is -2.49. The first-order valence-corrected chi connectivity index (χ1v) is 8.42. The molecule has 5 nitrogen and oxygen atoms in total. The standard InChI is InChI=1S/C14H27N3O2S/c1-12(18)15-10-13-6-4-5-7-17(13)14(19)11-20-9-8-16(2)3/h13H,4-11H2,1-3H3,(H,15,18). The number of likely N-dealkylation sites (tertiary alicyclic amines) is 1. The zero-order valence-electron chi connectivity index (χ0n) is 12.9. The Kier molecular flexibility index (Phi) is 7.99. The number of amides is 2. The van der Waals surface area contributed by atoms with Crippen LogP contribution in [0.5, 0.6) is 0 Å². The van der Waals surface area contributed by atoms with Crippen molar-refractivity contribution in [2.45, 2.75) is 32.2 Å². The maximum Gasteiger partial charge on any atom is 0.232 e. The van der Waals surface area contributed by atoms with Gasteiger partial charge in [-0.1, -0.05) is 0 Å². The summed E-state index contributed by atoms with van der Waals surface area (Å²) in [5.74, 6) is 1.71. The van der Waals surface area contributed by atoms with E-state index in [4.69, 9.17) is 0 Å². The first kappa shape index (κ1) is 17.3. The molecule has 0 bridgehead atoms. The van der Waals surface area contributed by atoms with Crippen molar-refractivity contribution in [1.29, 1.82) is 0 Å². The summed E-state index contributed by atoms with van der Waals surface area (Å²) in [5, 5.41) is 2.84. The third-order valence-corrected chi connectivity index (χ3v) is 4.36. The predicted octanol–water partition coefficient (Wildman–Crippen LogP) is 0.798. The molecule has 1 atom stereocenters. The number of nitrogens with one attached hydrogen (secondary N) is 1. The number of rotatable bonds is 7. The Labute approximate surface area is 126 Å². The first-order chi connectivity index (χ1) is 9.50. The Morgan fingerprint density at radius 1 is 1.35 bits per heavy atom. The van der Waals surface area contributed by atoms with Crippen LogP contribution in [0.3, 0.4) is 0 Å². The van der Waals surface area contributed by atoms with Gasteiger partial charge in [0.15, 0.2) is 0 Å². The molecule has 1 heterocycles. The zero-order valence-corrected chi connectivity index (χ0v) is 13.7. The molecule has 1 fully saturated rings. The molecule has 116 valence electrons. The van der Waals surface area contributed by atoms with E-state index in [1.165, 1.54) is 6.92 Å². The number of carbonyl (C=O) groups excluding carboxylic acids is 2. The maximum absolute atomic E-state index is 12.3. The van der Waals surface area contributed by atoms with Crippen LogP contribution < -0.4 is 5.32 Å². The lowest BCUT2D eigenvalue weighted by atomic mass is 10.0. The van der Waals surface area contributed by atoms with Gasteiger partial charge >= 0.3 is 0 Å². The van der Waals surface area contributed by atoms with Crippen molar-refractivity contribution in [3.8, 4) is 0 Å². The fraction of sp³-hybridized carbons (Fsp3) is 0.857. The van der Waals surface area contributed by atoms with Gasteiger partial charge in [0.1, 0.15) is 0 Å². The Morgan fingerprint density at radius 3 is 2.75 bits per heavy atom. The predicted molar refractivity (Wildman–Crippen MR) is 83.9 cm³/mol. The van der Waals surface area contributed by atoms with Gasteiger partial charge in [-0.2, -0.15) is 11.8 Å². The molecule has 0 saturated carbocycles. The summed E-state index contributed by atoms with van der Waals surface area (Å²) >= 11 is 1.69. The van der Waals surface area contributed by atoms with E-state index in [-0.39, 0.29) is 17.9 Å². The average molecular weight is 301 g/mol. The minimum atomic E-state index is -0.0247. The topological polar surface area (TPSA) is 52.7 Å². The van der Waals surface area contributed by atoms with Crippen molar-refractivity contribution >= 4 is 23.6 Å². The van der Waals surface area contributed by atoms with E-state index < -0.39 is 0 Å². The molecule has 0 aliphatic carbocycles. The lowest BCUT2D eigenvalue weighted by Gasteiger charge is -2.35. The summed E-state index contributed by atoms with van der Waals surface area (Å²) in [6, 6.07) is 0.176. The molecule has 1 saturated heterocycles. The van der Waals surface area contributed by atoms with Gasteiger partial charge in [0.05, 0.1) is 5.75 Å². The highest BCUT2D eigenvalue weighted by molar-refractivity contribution is 7.99. The van der Waals surface area contributed by atoms with E-state index in [1.807, 2.05) is 19.0 Å². The van der Waals surface area contributed by atoms with Gasteiger partial charge < -0.3 is 15.1 Å². The zero-order chi connectivity index (χ0) is 15.0. The molecule has 1 aliphatic heterocycles. The summed E-state index contributed by atoms with van der Waals surface area (Å²) < 4.78 is 0. The van der Waals surface area contributed by atoms with Crippen molar-refractivity contribution < 1.29 is 9.59 Å². The largest absolute Gasteiger partial charge is 0.354 e. The van der Waals surface area contributed by atoms with Crippen LogP contribution in [0.1, 0.15) is 26.2 Å². The third kappa shape index (κ3) is 6.61. The lowest BCUT2D eigenvalue weighted by molar-refractivity contribution is -0.132. The highest BCUT2D eigenvalue weighted by Crippen LogP contribution is 2.18. The molecule has 20 heavy (non-hydrogen) atoms. The highest BCUT2D eigenvalue weighted by Gasteiger charge is 2.26.